The Hall–Kier alpha value is -1.22. The molecule has 0 fully saturated rings. The molecule has 0 aromatic heterocycles. The van der Waals surface area contributed by atoms with Gasteiger partial charge < -0.3 is 14.8 Å². The van der Waals surface area contributed by atoms with Crippen LogP contribution in [-0.4, -0.2) is 38.4 Å². The monoisotopic (exact) mass is 383 g/mol. The fourth-order valence-electron chi connectivity index (χ4n) is 2.72. The molecule has 0 heterocycles. The van der Waals surface area contributed by atoms with E-state index < -0.39 is 17.1 Å². The van der Waals surface area contributed by atoms with E-state index in [9.17, 15) is 13.2 Å². The summed E-state index contributed by atoms with van der Waals surface area (Å²) in [4.78, 5) is 10.2. The molecule has 146 valence electrons. The first-order chi connectivity index (χ1) is 12.5. The van der Waals surface area contributed by atoms with Gasteiger partial charge in [0.2, 0.25) is 10.0 Å². The first kappa shape index (κ1) is 22.8. The highest BCUT2D eigenvalue weighted by Crippen LogP contribution is 2.11. The highest BCUT2D eigenvalue weighted by Gasteiger charge is 2.17. The first-order valence-electron chi connectivity index (χ1n) is 9.37. The van der Waals surface area contributed by atoms with E-state index in [1.54, 1.807) is 0 Å². The van der Waals surface area contributed by atoms with Gasteiger partial charge in [-0.25, -0.2) is 13.1 Å². The lowest BCUT2D eigenvalue weighted by atomic mass is 9.81. The summed E-state index contributed by atoms with van der Waals surface area (Å²) in [5.74, 6) is 0. The van der Waals surface area contributed by atoms with Crippen LogP contribution in [0.5, 0.6) is 0 Å². The third-order valence-corrected chi connectivity index (χ3v) is 5.72. The standard InChI is InChI=1S/C18H30BNO5S/c21-15-10-8-6-4-2-1-3-5-7-9-14-20-26(24,25)18-13-11-12-17(16-18)19(22)23/h11-13,15-16,20,22-23H,1-10,14H2. The van der Waals surface area contributed by atoms with Gasteiger partial charge in [0.25, 0.3) is 0 Å². The molecule has 0 aliphatic heterocycles. The molecule has 3 N–H and O–H groups in total. The molecule has 0 saturated heterocycles. The van der Waals surface area contributed by atoms with Crippen LogP contribution < -0.4 is 10.2 Å². The van der Waals surface area contributed by atoms with Crippen LogP contribution >= 0.6 is 0 Å². The van der Waals surface area contributed by atoms with Crippen LogP contribution in [0.25, 0.3) is 0 Å². The fourth-order valence-corrected chi connectivity index (χ4v) is 3.85. The van der Waals surface area contributed by atoms with Crippen LogP contribution in [0.15, 0.2) is 29.2 Å². The summed E-state index contributed by atoms with van der Waals surface area (Å²) in [6, 6.07) is 5.65. The lowest BCUT2D eigenvalue weighted by molar-refractivity contribution is -0.107. The van der Waals surface area contributed by atoms with Crippen LogP contribution in [0, 0.1) is 0 Å². The second-order valence-electron chi connectivity index (χ2n) is 6.48. The molecule has 1 aromatic carbocycles. The van der Waals surface area contributed by atoms with Crippen molar-refractivity contribution >= 4 is 28.9 Å². The predicted octanol–water partition coefficient (Wildman–Crippen LogP) is 1.74. The summed E-state index contributed by atoms with van der Waals surface area (Å²) >= 11 is 0. The Morgan fingerprint density at radius 2 is 1.50 bits per heavy atom. The van der Waals surface area contributed by atoms with Gasteiger partial charge in [0.1, 0.15) is 6.29 Å². The number of unbranched alkanes of at least 4 members (excludes halogenated alkanes) is 9. The summed E-state index contributed by atoms with van der Waals surface area (Å²) in [5.41, 5.74) is 0.152. The van der Waals surface area contributed by atoms with Gasteiger partial charge in [-0.15, -0.1) is 0 Å². The molecule has 8 heteroatoms. The van der Waals surface area contributed by atoms with Crippen molar-refractivity contribution < 1.29 is 23.3 Å². The zero-order valence-electron chi connectivity index (χ0n) is 15.3. The second kappa shape index (κ2) is 13.0. The minimum Gasteiger partial charge on any atom is -0.423 e. The molecule has 1 aromatic rings. The van der Waals surface area contributed by atoms with Crippen LogP contribution in [0.1, 0.15) is 64.2 Å². The Morgan fingerprint density at radius 3 is 2.08 bits per heavy atom. The van der Waals surface area contributed by atoms with E-state index >= 15 is 0 Å². The summed E-state index contributed by atoms with van der Waals surface area (Å²) in [6.07, 6.45) is 11.3. The minimum atomic E-state index is -3.63. The summed E-state index contributed by atoms with van der Waals surface area (Å²) in [6.45, 7) is 0.375. The molecule has 0 aliphatic rings. The normalized spacial score (nSPS) is 11.5. The molecule has 6 nitrogen and oxygen atoms in total. The maximum absolute atomic E-state index is 12.2. The van der Waals surface area contributed by atoms with Crippen molar-refractivity contribution in [2.45, 2.75) is 69.1 Å². The van der Waals surface area contributed by atoms with Crippen LogP contribution in [0.4, 0.5) is 0 Å². The van der Waals surface area contributed by atoms with E-state index in [4.69, 9.17) is 10.0 Å². The van der Waals surface area contributed by atoms with Crippen molar-refractivity contribution in [2.24, 2.45) is 0 Å². The second-order valence-corrected chi connectivity index (χ2v) is 8.25. The van der Waals surface area contributed by atoms with Crippen molar-refractivity contribution in [1.82, 2.24) is 4.72 Å². The van der Waals surface area contributed by atoms with E-state index in [1.807, 2.05) is 0 Å². The van der Waals surface area contributed by atoms with Gasteiger partial charge in [-0.2, -0.15) is 0 Å². The van der Waals surface area contributed by atoms with Gasteiger partial charge in [0, 0.05) is 13.0 Å². The Morgan fingerprint density at radius 1 is 0.923 bits per heavy atom. The SMILES string of the molecule is O=CCCCCCCCCCCCNS(=O)(=O)c1cccc(B(O)O)c1. The van der Waals surface area contributed by atoms with Gasteiger partial charge in [0.05, 0.1) is 4.90 Å². The first-order valence-corrected chi connectivity index (χ1v) is 10.8. The largest absolute Gasteiger partial charge is 0.488 e. The molecule has 0 atom stereocenters. The Labute approximate surface area is 157 Å². The van der Waals surface area contributed by atoms with Gasteiger partial charge in [-0.1, -0.05) is 57.1 Å². The van der Waals surface area contributed by atoms with Gasteiger partial charge in [0.15, 0.2) is 0 Å². The molecule has 0 amide bonds. The number of hydrogen-bond donors (Lipinski definition) is 3. The highest BCUT2D eigenvalue weighted by molar-refractivity contribution is 7.89. The molecule has 0 saturated carbocycles. The summed E-state index contributed by atoms with van der Waals surface area (Å²) in [5, 5.41) is 18.3. The fraction of sp³-hybridized carbons (Fsp3) is 0.611. The smallest absolute Gasteiger partial charge is 0.423 e. The predicted molar refractivity (Wildman–Crippen MR) is 104 cm³/mol. The quantitative estimate of drug-likeness (QED) is 0.243. The van der Waals surface area contributed by atoms with E-state index in [0.29, 0.717) is 13.0 Å². The van der Waals surface area contributed by atoms with Crippen molar-refractivity contribution in [2.75, 3.05) is 6.54 Å². The van der Waals surface area contributed by atoms with Crippen molar-refractivity contribution in [1.29, 1.82) is 0 Å². The maximum atomic E-state index is 12.2. The molecule has 0 aliphatic carbocycles. The molecular formula is C18H30BNO5S. The van der Waals surface area contributed by atoms with E-state index in [0.717, 1.165) is 44.8 Å². The molecule has 0 radical (unpaired) electrons. The summed E-state index contributed by atoms with van der Waals surface area (Å²) in [7, 11) is -5.31. The van der Waals surface area contributed by atoms with Gasteiger partial charge in [-0.05, 0) is 30.4 Å². The van der Waals surface area contributed by atoms with E-state index in [2.05, 4.69) is 4.72 Å². The number of benzene rings is 1. The van der Waals surface area contributed by atoms with Crippen molar-refractivity contribution in [3.63, 3.8) is 0 Å². The number of hydrogen-bond acceptors (Lipinski definition) is 5. The van der Waals surface area contributed by atoms with E-state index in [-0.39, 0.29) is 10.4 Å². The Bertz CT molecular complexity index is 622. The number of carbonyl (C=O) groups is 1. The molecule has 1 rings (SSSR count). The number of rotatable bonds is 15. The summed E-state index contributed by atoms with van der Waals surface area (Å²) < 4.78 is 26.9. The average molecular weight is 383 g/mol. The van der Waals surface area contributed by atoms with Gasteiger partial charge >= 0.3 is 7.12 Å². The number of sulfonamides is 1. The topological polar surface area (TPSA) is 104 Å². The Balaban J connectivity index is 2.13. The van der Waals surface area contributed by atoms with Gasteiger partial charge in [-0.3, -0.25) is 0 Å². The number of aldehydes is 1. The molecular weight excluding hydrogens is 353 g/mol. The zero-order valence-corrected chi connectivity index (χ0v) is 16.1. The van der Waals surface area contributed by atoms with Crippen molar-refractivity contribution in [3.05, 3.63) is 24.3 Å². The lowest BCUT2D eigenvalue weighted by Crippen LogP contribution is -2.32. The Kier molecular flexibility index (Phi) is 11.4. The molecule has 0 bridgehead atoms. The zero-order chi connectivity index (χ0) is 19.3. The third kappa shape index (κ3) is 9.47. The van der Waals surface area contributed by atoms with Crippen LogP contribution in [0.2, 0.25) is 0 Å². The van der Waals surface area contributed by atoms with Crippen molar-refractivity contribution in [3.8, 4) is 0 Å². The lowest BCUT2D eigenvalue weighted by Gasteiger charge is -2.08. The molecule has 0 spiro atoms. The van der Waals surface area contributed by atoms with Crippen LogP contribution in [0.3, 0.4) is 0 Å². The molecule has 0 unspecified atom stereocenters. The molecule has 26 heavy (non-hydrogen) atoms. The van der Waals surface area contributed by atoms with Crippen LogP contribution in [-0.2, 0) is 14.8 Å². The highest BCUT2D eigenvalue weighted by atomic mass is 32.2. The maximum Gasteiger partial charge on any atom is 0.488 e. The third-order valence-electron chi connectivity index (χ3n) is 4.26. The van der Waals surface area contributed by atoms with E-state index in [1.165, 1.54) is 43.5 Å². The minimum absolute atomic E-state index is 0.0395. The number of nitrogens with one attached hydrogen (secondary N) is 1. The average Bonchev–Trinajstić information content (AvgIpc) is 2.62. The number of carbonyl (C=O) groups excluding carboxylic acids is 1.